The Labute approximate surface area is 169 Å². The van der Waals surface area contributed by atoms with Crippen LogP contribution in [0.3, 0.4) is 0 Å². The SMILES string of the molecule is CCN1C[C@@H](CN(C)C(=O)c2nn(C)c(=O)c3ccccc23)Oc2ccccc21. The van der Waals surface area contributed by atoms with Crippen LogP contribution in [0.4, 0.5) is 5.69 Å². The van der Waals surface area contributed by atoms with Gasteiger partial charge in [0.2, 0.25) is 0 Å². The van der Waals surface area contributed by atoms with E-state index in [1.54, 1.807) is 43.3 Å². The number of ether oxygens (including phenoxy) is 1. The van der Waals surface area contributed by atoms with Crippen molar-refractivity contribution in [2.75, 3.05) is 31.6 Å². The van der Waals surface area contributed by atoms with Crippen LogP contribution in [0.5, 0.6) is 5.75 Å². The monoisotopic (exact) mass is 392 g/mol. The van der Waals surface area contributed by atoms with Crippen LogP contribution in [0.25, 0.3) is 10.8 Å². The molecule has 29 heavy (non-hydrogen) atoms. The molecule has 2 heterocycles. The largest absolute Gasteiger partial charge is 0.485 e. The second-order valence-corrected chi connectivity index (χ2v) is 7.25. The lowest BCUT2D eigenvalue weighted by molar-refractivity contribution is 0.0704. The molecule has 0 N–H and O–H groups in total. The van der Waals surface area contributed by atoms with Gasteiger partial charge in [-0.05, 0) is 25.1 Å². The van der Waals surface area contributed by atoms with Crippen LogP contribution in [-0.2, 0) is 7.05 Å². The molecule has 4 rings (SSSR count). The molecule has 1 aliphatic rings. The Bertz CT molecular complexity index is 1120. The first-order chi connectivity index (χ1) is 14.0. The number of carbonyl (C=O) groups excluding carboxylic acids is 1. The van der Waals surface area contributed by atoms with E-state index in [0.29, 0.717) is 23.9 Å². The summed E-state index contributed by atoms with van der Waals surface area (Å²) < 4.78 is 7.36. The van der Waals surface area contributed by atoms with Crippen LogP contribution in [0.1, 0.15) is 17.4 Å². The first kappa shape index (κ1) is 19.0. The first-order valence-corrected chi connectivity index (χ1v) is 9.71. The maximum Gasteiger partial charge on any atom is 0.274 e. The van der Waals surface area contributed by atoms with E-state index in [4.69, 9.17) is 4.74 Å². The van der Waals surface area contributed by atoms with Crippen molar-refractivity contribution in [2.45, 2.75) is 13.0 Å². The summed E-state index contributed by atoms with van der Waals surface area (Å²) in [5.74, 6) is 0.597. The fourth-order valence-corrected chi connectivity index (χ4v) is 3.80. The number of aromatic nitrogens is 2. The Hall–Kier alpha value is -3.35. The molecule has 0 unspecified atom stereocenters. The number of amides is 1. The molecule has 150 valence electrons. The minimum Gasteiger partial charge on any atom is -0.485 e. The zero-order valence-corrected chi connectivity index (χ0v) is 16.8. The van der Waals surface area contributed by atoms with E-state index in [2.05, 4.69) is 16.9 Å². The van der Waals surface area contributed by atoms with Gasteiger partial charge in [0.25, 0.3) is 11.5 Å². The van der Waals surface area contributed by atoms with Crippen LogP contribution < -0.4 is 15.2 Å². The maximum atomic E-state index is 13.2. The number of likely N-dealkylation sites (N-methyl/N-ethyl adjacent to an activating group) is 2. The van der Waals surface area contributed by atoms with Crippen molar-refractivity contribution < 1.29 is 9.53 Å². The van der Waals surface area contributed by atoms with E-state index in [9.17, 15) is 9.59 Å². The van der Waals surface area contributed by atoms with Gasteiger partial charge in [-0.3, -0.25) is 9.59 Å². The van der Waals surface area contributed by atoms with Crippen molar-refractivity contribution in [1.82, 2.24) is 14.7 Å². The summed E-state index contributed by atoms with van der Waals surface area (Å²) in [5, 5.41) is 5.30. The van der Waals surface area contributed by atoms with Gasteiger partial charge in [-0.25, -0.2) is 4.68 Å². The van der Waals surface area contributed by atoms with E-state index < -0.39 is 0 Å². The molecule has 7 heteroatoms. The molecule has 7 nitrogen and oxygen atoms in total. The minimum atomic E-state index is -0.234. The molecule has 1 atom stereocenters. The van der Waals surface area contributed by atoms with Gasteiger partial charge in [-0.15, -0.1) is 0 Å². The minimum absolute atomic E-state index is 0.155. The molecular weight excluding hydrogens is 368 g/mol. The number of para-hydroxylation sites is 2. The van der Waals surface area contributed by atoms with E-state index in [0.717, 1.165) is 18.0 Å². The van der Waals surface area contributed by atoms with Crippen molar-refractivity contribution in [3.05, 3.63) is 64.6 Å². The summed E-state index contributed by atoms with van der Waals surface area (Å²) in [7, 11) is 3.30. The highest BCUT2D eigenvalue weighted by atomic mass is 16.5. The molecule has 0 spiro atoms. The number of hydrogen-bond donors (Lipinski definition) is 0. The second-order valence-electron chi connectivity index (χ2n) is 7.25. The molecule has 1 aliphatic heterocycles. The molecule has 0 saturated carbocycles. The Balaban J connectivity index is 1.59. The Kier molecular flexibility index (Phi) is 4.96. The first-order valence-electron chi connectivity index (χ1n) is 9.71. The van der Waals surface area contributed by atoms with Crippen LogP contribution in [-0.4, -0.2) is 53.4 Å². The van der Waals surface area contributed by atoms with Gasteiger partial charge in [0, 0.05) is 26.0 Å². The Morgan fingerprint density at radius 3 is 2.62 bits per heavy atom. The smallest absolute Gasteiger partial charge is 0.274 e. The number of hydrogen-bond acceptors (Lipinski definition) is 5. The van der Waals surface area contributed by atoms with Crippen molar-refractivity contribution in [3.8, 4) is 5.75 Å². The van der Waals surface area contributed by atoms with Gasteiger partial charge >= 0.3 is 0 Å². The van der Waals surface area contributed by atoms with Gasteiger partial charge in [0.1, 0.15) is 11.9 Å². The fourth-order valence-electron chi connectivity index (χ4n) is 3.80. The quantitative estimate of drug-likeness (QED) is 0.682. The number of nitrogens with zero attached hydrogens (tertiary/aromatic N) is 4. The average Bonchev–Trinajstić information content (AvgIpc) is 2.75. The van der Waals surface area contributed by atoms with Gasteiger partial charge in [-0.2, -0.15) is 5.10 Å². The Morgan fingerprint density at radius 2 is 1.86 bits per heavy atom. The lowest BCUT2D eigenvalue weighted by atomic mass is 10.1. The predicted octanol–water partition coefficient (Wildman–Crippen LogP) is 2.29. The lowest BCUT2D eigenvalue weighted by Crippen LogP contribution is -2.47. The molecule has 1 aromatic heterocycles. The summed E-state index contributed by atoms with van der Waals surface area (Å²) in [4.78, 5) is 29.4. The van der Waals surface area contributed by atoms with Crippen LogP contribution >= 0.6 is 0 Å². The topological polar surface area (TPSA) is 67.7 Å². The van der Waals surface area contributed by atoms with E-state index in [1.165, 1.54) is 4.68 Å². The number of carbonyl (C=O) groups is 1. The third kappa shape index (κ3) is 3.44. The van der Waals surface area contributed by atoms with E-state index >= 15 is 0 Å². The van der Waals surface area contributed by atoms with Gasteiger partial charge in [0.05, 0.1) is 24.2 Å². The number of rotatable bonds is 4. The van der Waals surface area contributed by atoms with Gasteiger partial charge in [-0.1, -0.05) is 30.3 Å². The average molecular weight is 392 g/mol. The maximum absolute atomic E-state index is 13.2. The molecule has 0 fully saturated rings. The third-order valence-electron chi connectivity index (χ3n) is 5.29. The molecule has 0 saturated heterocycles. The lowest BCUT2D eigenvalue weighted by Gasteiger charge is -2.37. The molecule has 2 aromatic carbocycles. The molecule has 0 bridgehead atoms. The van der Waals surface area contributed by atoms with Crippen LogP contribution in [0.15, 0.2) is 53.3 Å². The summed E-state index contributed by atoms with van der Waals surface area (Å²) in [6, 6.07) is 15.0. The summed E-state index contributed by atoms with van der Waals surface area (Å²) >= 11 is 0. The van der Waals surface area contributed by atoms with E-state index in [-0.39, 0.29) is 23.3 Å². The highest BCUT2D eigenvalue weighted by Gasteiger charge is 2.28. The van der Waals surface area contributed by atoms with Crippen LogP contribution in [0.2, 0.25) is 0 Å². The standard InChI is InChI=1S/C22H24N4O3/c1-4-26-14-15(29-19-12-8-7-11-18(19)26)13-24(2)22(28)20-16-9-5-6-10-17(16)21(27)25(3)23-20/h5-12,15H,4,13-14H2,1-3H3/t15-/m1/s1. The zero-order valence-electron chi connectivity index (χ0n) is 16.8. The number of anilines is 1. The molecular formula is C22H24N4O3. The van der Waals surface area contributed by atoms with Crippen molar-refractivity contribution in [3.63, 3.8) is 0 Å². The van der Waals surface area contributed by atoms with Gasteiger partial charge in [0.15, 0.2) is 5.69 Å². The highest BCUT2D eigenvalue weighted by Crippen LogP contribution is 2.33. The summed E-state index contributed by atoms with van der Waals surface area (Å²) in [6.07, 6.45) is -0.155. The van der Waals surface area contributed by atoms with Crippen molar-refractivity contribution in [1.29, 1.82) is 0 Å². The zero-order chi connectivity index (χ0) is 20.5. The number of aryl methyl sites for hydroxylation is 1. The number of benzene rings is 2. The fraction of sp³-hybridized carbons (Fsp3) is 0.318. The van der Waals surface area contributed by atoms with Crippen molar-refractivity contribution >= 4 is 22.4 Å². The normalized spacial score (nSPS) is 15.7. The van der Waals surface area contributed by atoms with Crippen molar-refractivity contribution in [2.24, 2.45) is 7.05 Å². The predicted molar refractivity (Wildman–Crippen MR) is 113 cm³/mol. The van der Waals surface area contributed by atoms with Crippen LogP contribution in [0, 0.1) is 0 Å². The van der Waals surface area contributed by atoms with E-state index in [1.807, 2.05) is 24.3 Å². The third-order valence-corrected chi connectivity index (χ3v) is 5.29. The van der Waals surface area contributed by atoms with Gasteiger partial charge < -0.3 is 14.5 Å². The molecule has 0 aliphatic carbocycles. The number of fused-ring (bicyclic) bond motifs is 2. The molecule has 0 radical (unpaired) electrons. The molecule has 1 amide bonds. The highest BCUT2D eigenvalue weighted by molar-refractivity contribution is 6.04. The summed E-state index contributed by atoms with van der Waals surface area (Å²) in [5.41, 5.74) is 1.13. The Morgan fingerprint density at radius 1 is 1.17 bits per heavy atom. The molecule has 3 aromatic rings. The summed E-state index contributed by atoms with van der Waals surface area (Å²) in [6.45, 7) is 4.09. The second kappa shape index (κ2) is 7.58.